The van der Waals surface area contributed by atoms with Crippen LogP contribution < -0.4 is 0 Å². The third kappa shape index (κ3) is 3.55. The van der Waals surface area contributed by atoms with E-state index in [-0.39, 0.29) is 23.4 Å². The van der Waals surface area contributed by atoms with E-state index in [2.05, 4.69) is 15.9 Å². The summed E-state index contributed by atoms with van der Waals surface area (Å²) >= 11 is 4.25. The molecule has 2 amide bonds. The lowest BCUT2D eigenvalue weighted by Crippen LogP contribution is -2.27. The first-order valence-corrected chi connectivity index (χ1v) is 8.84. The molecular formula is C18H14BrNO3S. The fourth-order valence-corrected chi connectivity index (χ4v) is 3.43. The zero-order valence-corrected chi connectivity index (χ0v) is 15.2. The molecule has 0 unspecified atom stereocenters. The summed E-state index contributed by atoms with van der Waals surface area (Å²) in [5, 5.41) is 9.60. The summed E-state index contributed by atoms with van der Waals surface area (Å²) in [6.45, 7) is 2.13. The molecule has 1 fully saturated rings. The number of hydrogen-bond donors (Lipinski definition) is 1. The van der Waals surface area contributed by atoms with Gasteiger partial charge in [0.05, 0.1) is 11.4 Å². The van der Waals surface area contributed by atoms with E-state index in [0.29, 0.717) is 10.5 Å². The molecule has 2 aromatic carbocycles. The highest BCUT2D eigenvalue weighted by atomic mass is 79.9. The molecule has 122 valence electrons. The maximum atomic E-state index is 12.5. The smallest absolute Gasteiger partial charge is 0.293 e. The predicted octanol–water partition coefficient (Wildman–Crippen LogP) is 4.70. The lowest BCUT2D eigenvalue weighted by atomic mass is 10.1. The first kappa shape index (κ1) is 16.8. The minimum absolute atomic E-state index is 0.0836. The quantitative estimate of drug-likeness (QED) is 0.754. The van der Waals surface area contributed by atoms with Crippen molar-refractivity contribution in [2.45, 2.75) is 13.5 Å². The van der Waals surface area contributed by atoms with Gasteiger partial charge in [-0.15, -0.1) is 0 Å². The molecule has 0 bridgehead atoms. The summed E-state index contributed by atoms with van der Waals surface area (Å²) in [5.74, 6) is -0.255. The van der Waals surface area contributed by atoms with E-state index >= 15 is 0 Å². The molecule has 24 heavy (non-hydrogen) atoms. The molecule has 6 heteroatoms. The monoisotopic (exact) mass is 403 g/mol. The summed E-state index contributed by atoms with van der Waals surface area (Å²) < 4.78 is 0.940. The minimum atomic E-state index is -0.339. The molecule has 4 nitrogen and oxygen atoms in total. The summed E-state index contributed by atoms with van der Waals surface area (Å²) in [4.78, 5) is 26.2. The average Bonchev–Trinajstić information content (AvgIpc) is 2.80. The van der Waals surface area contributed by atoms with Gasteiger partial charge in [0.1, 0.15) is 5.75 Å². The number of nitrogens with zero attached hydrogens (tertiary/aromatic N) is 1. The van der Waals surface area contributed by atoms with Crippen molar-refractivity contribution < 1.29 is 14.7 Å². The van der Waals surface area contributed by atoms with Gasteiger partial charge in [-0.2, -0.15) is 0 Å². The topological polar surface area (TPSA) is 57.6 Å². The van der Waals surface area contributed by atoms with Crippen molar-refractivity contribution in [3.05, 3.63) is 68.5 Å². The van der Waals surface area contributed by atoms with E-state index < -0.39 is 0 Å². The molecule has 3 rings (SSSR count). The van der Waals surface area contributed by atoms with E-state index in [1.165, 1.54) is 4.90 Å². The zero-order chi connectivity index (χ0) is 17.3. The molecule has 1 saturated heterocycles. The number of rotatable bonds is 3. The summed E-state index contributed by atoms with van der Waals surface area (Å²) in [6, 6.07) is 12.6. The van der Waals surface area contributed by atoms with Gasteiger partial charge < -0.3 is 5.11 Å². The number of phenols is 1. The number of carbonyl (C=O) groups is 2. The predicted molar refractivity (Wildman–Crippen MR) is 98.5 cm³/mol. The Morgan fingerprint density at radius 3 is 2.58 bits per heavy atom. The number of benzene rings is 2. The molecule has 0 aliphatic carbocycles. The van der Waals surface area contributed by atoms with Gasteiger partial charge in [-0.25, -0.2) is 0 Å². The summed E-state index contributed by atoms with van der Waals surface area (Å²) in [6.07, 6.45) is 1.56. The largest absolute Gasteiger partial charge is 0.507 e. The molecule has 0 aromatic heterocycles. The standard InChI is InChI=1S/C18H14BrNO3S/c1-11-2-7-15(21)13(8-11)9-16-17(22)20(18(23)24-16)10-12-3-5-14(19)6-4-12/h2-9,21H,10H2,1H3/b16-9-. The number of thioether (sulfide) groups is 1. The fraction of sp³-hybridized carbons (Fsp3) is 0.111. The van der Waals surface area contributed by atoms with Crippen LogP contribution in [0, 0.1) is 6.92 Å². The lowest BCUT2D eigenvalue weighted by Gasteiger charge is -2.12. The normalized spacial score (nSPS) is 16.2. The van der Waals surface area contributed by atoms with Gasteiger partial charge in [-0.3, -0.25) is 14.5 Å². The molecule has 0 radical (unpaired) electrons. The van der Waals surface area contributed by atoms with Crippen LogP contribution in [0.15, 0.2) is 51.8 Å². The number of aryl methyl sites for hydroxylation is 1. The maximum Gasteiger partial charge on any atom is 0.293 e. The number of imide groups is 1. The molecule has 1 N–H and O–H groups in total. The van der Waals surface area contributed by atoms with Crippen LogP contribution in [-0.4, -0.2) is 21.2 Å². The van der Waals surface area contributed by atoms with Crippen LogP contribution in [0.5, 0.6) is 5.75 Å². The van der Waals surface area contributed by atoms with Crippen LogP contribution >= 0.6 is 27.7 Å². The first-order valence-electron chi connectivity index (χ1n) is 7.23. The van der Waals surface area contributed by atoms with Gasteiger partial charge >= 0.3 is 0 Å². The second kappa shape index (κ2) is 6.83. The third-order valence-corrected chi connectivity index (χ3v) is 5.03. The van der Waals surface area contributed by atoms with Crippen LogP contribution in [0.1, 0.15) is 16.7 Å². The van der Waals surface area contributed by atoms with Gasteiger partial charge in [0.2, 0.25) is 0 Å². The molecule has 0 spiro atoms. The van der Waals surface area contributed by atoms with Crippen molar-refractivity contribution >= 4 is 44.9 Å². The van der Waals surface area contributed by atoms with Crippen LogP contribution in [-0.2, 0) is 11.3 Å². The lowest BCUT2D eigenvalue weighted by molar-refractivity contribution is -0.123. The molecule has 1 aliphatic rings. The Labute approximate surface area is 152 Å². The third-order valence-electron chi connectivity index (χ3n) is 3.60. The zero-order valence-electron chi connectivity index (χ0n) is 12.8. The number of carbonyl (C=O) groups excluding carboxylic acids is 2. The second-order valence-electron chi connectivity index (χ2n) is 5.46. The Hall–Kier alpha value is -2.05. The SMILES string of the molecule is Cc1ccc(O)c(/C=C2\SC(=O)N(Cc3ccc(Br)cc3)C2=O)c1. The van der Waals surface area contributed by atoms with Gasteiger partial charge in [0.25, 0.3) is 11.1 Å². The van der Waals surface area contributed by atoms with Crippen molar-refractivity contribution in [2.75, 3.05) is 0 Å². The molecule has 1 heterocycles. The molecule has 0 saturated carbocycles. The minimum Gasteiger partial charge on any atom is -0.507 e. The van der Waals surface area contributed by atoms with Gasteiger partial charge in [0, 0.05) is 10.0 Å². The highest BCUT2D eigenvalue weighted by molar-refractivity contribution is 9.10. The Kier molecular flexibility index (Phi) is 4.78. The van der Waals surface area contributed by atoms with E-state index in [1.54, 1.807) is 24.3 Å². The number of hydrogen-bond acceptors (Lipinski definition) is 4. The van der Waals surface area contributed by atoms with Gasteiger partial charge in [-0.1, -0.05) is 39.7 Å². The van der Waals surface area contributed by atoms with Crippen molar-refractivity contribution in [1.82, 2.24) is 4.90 Å². The molecule has 2 aromatic rings. The van der Waals surface area contributed by atoms with Crippen LogP contribution in [0.3, 0.4) is 0 Å². The van der Waals surface area contributed by atoms with Crippen LogP contribution in [0.25, 0.3) is 6.08 Å². The Bertz CT molecular complexity index is 846. The van der Waals surface area contributed by atoms with Crippen LogP contribution in [0.2, 0.25) is 0 Å². The fourth-order valence-electron chi connectivity index (χ4n) is 2.34. The molecule has 1 aliphatic heterocycles. The Balaban J connectivity index is 1.84. The summed E-state index contributed by atoms with van der Waals surface area (Å²) in [5.41, 5.74) is 2.37. The number of phenolic OH excluding ortho intramolecular Hbond substituents is 1. The van der Waals surface area contributed by atoms with Crippen molar-refractivity contribution in [3.63, 3.8) is 0 Å². The highest BCUT2D eigenvalue weighted by Crippen LogP contribution is 2.34. The molecule has 0 atom stereocenters. The van der Waals surface area contributed by atoms with E-state index in [4.69, 9.17) is 0 Å². The van der Waals surface area contributed by atoms with E-state index in [0.717, 1.165) is 27.4 Å². The number of amides is 2. The second-order valence-corrected chi connectivity index (χ2v) is 7.37. The average molecular weight is 404 g/mol. The maximum absolute atomic E-state index is 12.5. The highest BCUT2D eigenvalue weighted by Gasteiger charge is 2.35. The Morgan fingerprint density at radius 2 is 1.88 bits per heavy atom. The van der Waals surface area contributed by atoms with Crippen LogP contribution in [0.4, 0.5) is 4.79 Å². The summed E-state index contributed by atoms with van der Waals surface area (Å²) in [7, 11) is 0. The number of halogens is 1. The van der Waals surface area contributed by atoms with Crippen molar-refractivity contribution in [1.29, 1.82) is 0 Å². The van der Waals surface area contributed by atoms with Crippen molar-refractivity contribution in [3.8, 4) is 5.75 Å². The van der Waals surface area contributed by atoms with Gasteiger partial charge in [-0.05, 0) is 54.6 Å². The van der Waals surface area contributed by atoms with Gasteiger partial charge in [0.15, 0.2) is 0 Å². The number of aromatic hydroxyl groups is 1. The van der Waals surface area contributed by atoms with E-state index in [9.17, 15) is 14.7 Å². The van der Waals surface area contributed by atoms with Crippen molar-refractivity contribution in [2.24, 2.45) is 0 Å². The Morgan fingerprint density at radius 1 is 1.17 bits per heavy atom. The first-order chi connectivity index (χ1) is 11.4. The molecular weight excluding hydrogens is 390 g/mol. The van der Waals surface area contributed by atoms with E-state index in [1.807, 2.05) is 31.2 Å².